The number of ether oxygens (including phenoxy) is 1. The number of halogens is 1. The second-order valence-electron chi connectivity index (χ2n) is 6.24. The molecule has 3 rings (SSSR count). The van der Waals surface area contributed by atoms with Gasteiger partial charge in [0.1, 0.15) is 12.4 Å². The Labute approximate surface area is 138 Å². The van der Waals surface area contributed by atoms with E-state index in [-0.39, 0.29) is 24.4 Å². The van der Waals surface area contributed by atoms with Gasteiger partial charge in [0.2, 0.25) is 5.91 Å². The third-order valence-corrected chi connectivity index (χ3v) is 4.73. The lowest BCUT2D eigenvalue weighted by Gasteiger charge is -2.28. The van der Waals surface area contributed by atoms with Crippen molar-refractivity contribution in [1.29, 1.82) is 0 Å². The van der Waals surface area contributed by atoms with Crippen molar-refractivity contribution in [1.82, 2.24) is 10.6 Å². The highest BCUT2D eigenvalue weighted by Gasteiger charge is 2.27. The zero-order chi connectivity index (χ0) is 14.7. The molecule has 0 saturated carbocycles. The molecule has 2 N–H and O–H groups in total. The van der Waals surface area contributed by atoms with E-state index < -0.39 is 0 Å². The van der Waals surface area contributed by atoms with Crippen LogP contribution in [0.4, 0.5) is 0 Å². The Balaban J connectivity index is 0.00000176. The van der Waals surface area contributed by atoms with Crippen molar-refractivity contribution in [2.75, 3.05) is 19.7 Å². The molecule has 0 aromatic heterocycles. The second kappa shape index (κ2) is 7.84. The summed E-state index contributed by atoms with van der Waals surface area (Å²) < 4.78 is 5.61. The molecule has 2 unspecified atom stereocenters. The van der Waals surface area contributed by atoms with Crippen molar-refractivity contribution in [3.63, 3.8) is 0 Å². The van der Waals surface area contributed by atoms with Crippen LogP contribution in [0, 0.1) is 11.8 Å². The zero-order valence-corrected chi connectivity index (χ0v) is 13.8. The third-order valence-electron chi connectivity index (χ3n) is 4.73. The number of piperidine rings is 1. The van der Waals surface area contributed by atoms with Crippen molar-refractivity contribution < 1.29 is 9.53 Å². The Kier molecular flexibility index (Phi) is 6.09. The molecule has 5 heteroatoms. The quantitative estimate of drug-likeness (QED) is 0.895. The molecule has 2 aliphatic heterocycles. The van der Waals surface area contributed by atoms with Crippen molar-refractivity contribution in [3.8, 4) is 5.75 Å². The number of amides is 1. The number of carbonyl (C=O) groups is 1. The van der Waals surface area contributed by atoms with E-state index in [2.05, 4.69) is 17.6 Å². The molecule has 1 aromatic carbocycles. The average Bonchev–Trinajstić information content (AvgIpc) is 2.91. The molecule has 1 saturated heterocycles. The van der Waals surface area contributed by atoms with E-state index in [9.17, 15) is 4.79 Å². The van der Waals surface area contributed by atoms with Gasteiger partial charge in [0.15, 0.2) is 0 Å². The van der Waals surface area contributed by atoms with Gasteiger partial charge in [-0.1, -0.05) is 25.1 Å². The highest BCUT2D eigenvalue weighted by atomic mass is 35.5. The lowest BCUT2D eigenvalue weighted by Crippen LogP contribution is -2.35. The van der Waals surface area contributed by atoms with Crippen LogP contribution in [0.2, 0.25) is 0 Å². The molecule has 1 fully saturated rings. The molecule has 0 bridgehead atoms. The second-order valence-corrected chi connectivity index (χ2v) is 6.24. The van der Waals surface area contributed by atoms with Crippen molar-refractivity contribution in [2.45, 2.75) is 32.2 Å². The Morgan fingerprint density at radius 1 is 1.36 bits per heavy atom. The highest BCUT2D eigenvalue weighted by molar-refractivity contribution is 5.85. The summed E-state index contributed by atoms with van der Waals surface area (Å²) in [7, 11) is 0. The fourth-order valence-electron chi connectivity index (χ4n) is 3.41. The van der Waals surface area contributed by atoms with Crippen LogP contribution < -0.4 is 15.4 Å². The molecule has 22 heavy (non-hydrogen) atoms. The normalized spacial score (nSPS) is 22.1. The summed E-state index contributed by atoms with van der Waals surface area (Å²) in [6, 6.07) is 7.95. The van der Waals surface area contributed by atoms with E-state index in [4.69, 9.17) is 4.74 Å². The van der Waals surface area contributed by atoms with E-state index in [0.29, 0.717) is 24.9 Å². The van der Waals surface area contributed by atoms with Crippen molar-refractivity contribution in [2.24, 2.45) is 11.8 Å². The van der Waals surface area contributed by atoms with Crippen molar-refractivity contribution in [3.05, 3.63) is 29.8 Å². The minimum atomic E-state index is 0. The van der Waals surface area contributed by atoms with Gasteiger partial charge >= 0.3 is 0 Å². The molecule has 0 spiro atoms. The number of benzene rings is 1. The summed E-state index contributed by atoms with van der Waals surface area (Å²) >= 11 is 0. The van der Waals surface area contributed by atoms with Crippen LogP contribution in [0.15, 0.2) is 24.3 Å². The lowest BCUT2D eigenvalue weighted by atomic mass is 9.84. The number of nitrogens with one attached hydrogen (secondary N) is 2. The van der Waals surface area contributed by atoms with Gasteiger partial charge in [-0.25, -0.2) is 0 Å². The molecule has 2 aliphatic rings. The Morgan fingerprint density at radius 2 is 2.09 bits per heavy atom. The third kappa shape index (κ3) is 3.93. The summed E-state index contributed by atoms with van der Waals surface area (Å²) in [6.45, 7) is 4.92. The number of carbonyl (C=O) groups excluding carboxylic acids is 1. The van der Waals surface area contributed by atoms with Gasteiger partial charge in [-0.2, -0.15) is 0 Å². The predicted octanol–water partition coefficient (Wildman–Crippen LogP) is 2.68. The first-order chi connectivity index (χ1) is 10.2. The number of rotatable bonds is 4. The van der Waals surface area contributed by atoms with Gasteiger partial charge in [0.25, 0.3) is 0 Å². The molecule has 0 aliphatic carbocycles. The van der Waals surface area contributed by atoms with Gasteiger partial charge < -0.3 is 15.4 Å². The predicted molar refractivity (Wildman–Crippen MR) is 89.4 cm³/mol. The molecular weight excluding hydrogens is 300 g/mol. The monoisotopic (exact) mass is 324 g/mol. The van der Waals surface area contributed by atoms with Gasteiger partial charge in [0, 0.05) is 12.0 Å². The SMILES string of the molecule is CC(CC(=O)NC1COc2ccccc21)C1CCNCC1.Cl. The minimum absolute atomic E-state index is 0. The largest absolute Gasteiger partial charge is 0.491 e. The lowest BCUT2D eigenvalue weighted by molar-refractivity contribution is -0.123. The van der Waals surface area contributed by atoms with E-state index >= 15 is 0 Å². The maximum Gasteiger partial charge on any atom is 0.220 e. The summed E-state index contributed by atoms with van der Waals surface area (Å²) in [5.74, 6) is 2.16. The molecule has 2 heterocycles. The number of fused-ring (bicyclic) bond motifs is 1. The van der Waals surface area contributed by atoms with Crippen LogP contribution in [0.25, 0.3) is 0 Å². The molecule has 0 radical (unpaired) electrons. The molecule has 1 amide bonds. The molecule has 4 nitrogen and oxygen atoms in total. The fourth-order valence-corrected chi connectivity index (χ4v) is 3.41. The van der Waals surface area contributed by atoms with Gasteiger partial charge in [-0.15, -0.1) is 12.4 Å². The van der Waals surface area contributed by atoms with E-state index in [1.54, 1.807) is 0 Å². The Bertz CT molecular complexity index is 503. The number of hydrogen-bond acceptors (Lipinski definition) is 3. The van der Waals surface area contributed by atoms with Crippen LogP contribution >= 0.6 is 12.4 Å². The van der Waals surface area contributed by atoms with Crippen molar-refractivity contribution >= 4 is 18.3 Å². The van der Waals surface area contributed by atoms with E-state index in [0.717, 1.165) is 24.4 Å². The van der Waals surface area contributed by atoms with Crippen LogP contribution in [0.1, 0.15) is 37.8 Å². The molecule has 122 valence electrons. The maximum absolute atomic E-state index is 12.3. The molecule has 1 aromatic rings. The Morgan fingerprint density at radius 3 is 2.86 bits per heavy atom. The molecule has 2 atom stereocenters. The van der Waals surface area contributed by atoms with Crippen LogP contribution in [0.5, 0.6) is 5.75 Å². The summed E-state index contributed by atoms with van der Waals surface area (Å²) in [5.41, 5.74) is 1.10. The van der Waals surface area contributed by atoms with Gasteiger partial charge in [-0.3, -0.25) is 4.79 Å². The Hall–Kier alpha value is -1.26. The fraction of sp³-hybridized carbons (Fsp3) is 0.588. The first kappa shape index (κ1) is 17.1. The van der Waals surface area contributed by atoms with Crippen LogP contribution in [0.3, 0.4) is 0 Å². The van der Waals surface area contributed by atoms with Crippen LogP contribution in [-0.4, -0.2) is 25.6 Å². The van der Waals surface area contributed by atoms with Crippen LogP contribution in [-0.2, 0) is 4.79 Å². The standard InChI is InChI=1S/C17H24N2O2.ClH/c1-12(13-6-8-18-9-7-13)10-17(20)19-15-11-21-16-5-3-2-4-14(15)16;/h2-5,12-13,15,18H,6-11H2,1H3,(H,19,20);1H. The topological polar surface area (TPSA) is 50.4 Å². The number of para-hydroxylation sites is 1. The van der Waals surface area contributed by atoms with E-state index in [1.807, 2.05) is 24.3 Å². The molecular formula is C17H25ClN2O2. The summed E-state index contributed by atoms with van der Waals surface area (Å²) in [6.07, 6.45) is 2.98. The van der Waals surface area contributed by atoms with Gasteiger partial charge in [0.05, 0.1) is 6.04 Å². The summed E-state index contributed by atoms with van der Waals surface area (Å²) in [4.78, 5) is 12.3. The minimum Gasteiger partial charge on any atom is -0.491 e. The zero-order valence-electron chi connectivity index (χ0n) is 13.0. The first-order valence-corrected chi connectivity index (χ1v) is 7.96. The average molecular weight is 325 g/mol. The maximum atomic E-state index is 12.3. The van der Waals surface area contributed by atoms with Gasteiger partial charge in [-0.05, 0) is 43.8 Å². The van der Waals surface area contributed by atoms with E-state index in [1.165, 1.54) is 12.8 Å². The smallest absolute Gasteiger partial charge is 0.220 e. The first-order valence-electron chi connectivity index (χ1n) is 7.96. The number of hydrogen-bond donors (Lipinski definition) is 2. The highest BCUT2D eigenvalue weighted by Crippen LogP contribution is 2.32. The summed E-state index contributed by atoms with van der Waals surface area (Å²) in [5, 5.41) is 6.50.